The van der Waals surface area contributed by atoms with Gasteiger partial charge in [-0.3, -0.25) is 4.79 Å². The Morgan fingerprint density at radius 3 is 2.85 bits per heavy atom. The van der Waals surface area contributed by atoms with Crippen molar-refractivity contribution in [2.75, 3.05) is 26.7 Å². The molecule has 4 heterocycles. The van der Waals surface area contributed by atoms with Gasteiger partial charge in [-0.15, -0.1) is 10.2 Å². The Hall–Kier alpha value is -2.80. The van der Waals surface area contributed by atoms with Crippen molar-refractivity contribution in [1.82, 2.24) is 29.8 Å². The topological polar surface area (TPSA) is 75.4 Å². The van der Waals surface area contributed by atoms with Crippen molar-refractivity contribution in [2.45, 2.75) is 12.8 Å². The average molecular weight is 350 g/mol. The highest BCUT2D eigenvalue weighted by Crippen LogP contribution is 2.18. The number of piperidine rings is 1. The van der Waals surface area contributed by atoms with Gasteiger partial charge >= 0.3 is 0 Å². The van der Waals surface area contributed by atoms with Gasteiger partial charge in [-0.25, -0.2) is 4.98 Å². The lowest BCUT2D eigenvalue weighted by molar-refractivity contribution is 0.0756. The van der Waals surface area contributed by atoms with Crippen LogP contribution in [0, 0.1) is 5.92 Å². The maximum atomic E-state index is 12.6. The smallest absolute Gasteiger partial charge is 0.274 e. The summed E-state index contributed by atoms with van der Waals surface area (Å²) >= 11 is 0. The summed E-state index contributed by atoms with van der Waals surface area (Å²) in [6.45, 7) is 2.83. The first-order valence-corrected chi connectivity index (χ1v) is 8.94. The Morgan fingerprint density at radius 2 is 2.08 bits per heavy atom. The van der Waals surface area contributed by atoms with Gasteiger partial charge < -0.3 is 14.6 Å². The number of fused-ring (bicyclic) bond motifs is 1. The molecule has 1 fully saturated rings. The SMILES string of the molecule is CN(CC1CCNCC1)C(=O)c1ccc(-c2ccc3nccn3c2)nn1. The van der Waals surface area contributed by atoms with Gasteiger partial charge in [-0.1, -0.05) is 0 Å². The number of aromatic nitrogens is 4. The summed E-state index contributed by atoms with van der Waals surface area (Å²) in [7, 11) is 1.84. The molecule has 1 aliphatic rings. The molecule has 0 aromatic carbocycles. The van der Waals surface area contributed by atoms with Gasteiger partial charge in [0.2, 0.25) is 0 Å². The summed E-state index contributed by atoms with van der Waals surface area (Å²) in [6.07, 6.45) is 7.82. The van der Waals surface area contributed by atoms with Crippen LogP contribution >= 0.6 is 0 Å². The van der Waals surface area contributed by atoms with E-state index in [1.807, 2.05) is 42.0 Å². The number of hydrogen-bond acceptors (Lipinski definition) is 5. The largest absolute Gasteiger partial charge is 0.340 e. The third kappa shape index (κ3) is 3.43. The highest BCUT2D eigenvalue weighted by molar-refractivity contribution is 5.92. The lowest BCUT2D eigenvalue weighted by atomic mass is 9.97. The van der Waals surface area contributed by atoms with Gasteiger partial charge in [0.05, 0.1) is 5.69 Å². The predicted molar refractivity (Wildman–Crippen MR) is 98.8 cm³/mol. The van der Waals surface area contributed by atoms with Crippen LogP contribution in [0.25, 0.3) is 16.9 Å². The maximum Gasteiger partial charge on any atom is 0.274 e. The van der Waals surface area contributed by atoms with Gasteiger partial charge in [0.1, 0.15) is 5.65 Å². The van der Waals surface area contributed by atoms with Gasteiger partial charge in [-0.2, -0.15) is 0 Å². The molecule has 3 aromatic rings. The van der Waals surface area contributed by atoms with Crippen LogP contribution in [0.3, 0.4) is 0 Å². The van der Waals surface area contributed by atoms with E-state index >= 15 is 0 Å². The van der Waals surface area contributed by atoms with E-state index in [1.165, 1.54) is 0 Å². The Bertz CT molecular complexity index is 898. The fourth-order valence-electron chi connectivity index (χ4n) is 3.40. The number of nitrogens with zero attached hydrogens (tertiary/aromatic N) is 5. The molecule has 0 spiro atoms. The van der Waals surface area contributed by atoms with Crippen molar-refractivity contribution in [3.63, 3.8) is 0 Å². The number of nitrogens with one attached hydrogen (secondary N) is 1. The van der Waals surface area contributed by atoms with Gasteiger partial charge in [0.25, 0.3) is 5.91 Å². The van der Waals surface area contributed by atoms with Crippen LogP contribution < -0.4 is 5.32 Å². The predicted octanol–water partition coefficient (Wildman–Crippen LogP) is 1.86. The number of amides is 1. The minimum atomic E-state index is -0.0763. The van der Waals surface area contributed by atoms with Gasteiger partial charge in [0, 0.05) is 37.7 Å². The minimum Gasteiger partial charge on any atom is -0.340 e. The second kappa shape index (κ2) is 7.21. The summed E-state index contributed by atoms with van der Waals surface area (Å²) in [5.74, 6) is 0.479. The van der Waals surface area contributed by atoms with Crippen LogP contribution in [-0.4, -0.2) is 57.1 Å². The lowest BCUT2D eigenvalue weighted by Gasteiger charge is -2.27. The Labute approximate surface area is 152 Å². The van der Waals surface area contributed by atoms with E-state index in [9.17, 15) is 4.79 Å². The van der Waals surface area contributed by atoms with Crippen LogP contribution in [0.1, 0.15) is 23.3 Å². The molecule has 0 bridgehead atoms. The fraction of sp³-hybridized carbons (Fsp3) is 0.368. The monoisotopic (exact) mass is 350 g/mol. The molecule has 1 amide bonds. The molecule has 1 N–H and O–H groups in total. The minimum absolute atomic E-state index is 0.0763. The molecule has 1 saturated heterocycles. The number of carbonyl (C=O) groups excluding carboxylic acids is 1. The number of hydrogen-bond donors (Lipinski definition) is 1. The first kappa shape index (κ1) is 16.7. The van der Waals surface area contributed by atoms with E-state index in [-0.39, 0.29) is 5.91 Å². The molecule has 26 heavy (non-hydrogen) atoms. The van der Waals surface area contributed by atoms with Crippen LogP contribution in [0.5, 0.6) is 0 Å². The molecule has 7 heteroatoms. The van der Waals surface area contributed by atoms with Crippen LogP contribution in [-0.2, 0) is 0 Å². The van der Waals surface area contributed by atoms with Gasteiger partial charge in [-0.05, 0) is 56.1 Å². The number of rotatable bonds is 4. The summed E-state index contributed by atoms with van der Waals surface area (Å²) in [5, 5.41) is 11.8. The zero-order chi connectivity index (χ0) is 17.9. The lowest BCUT2D eigenvalue weighted by Crippen LogP contribution is -2.37. The van der Waals surface area contributed by atoms with E-state index in [0.717, 1.165) is 49.4 Å². The molecule has 0 atom stereocenters. The highest BCUT2D eigenvalue weighted by atomic mass is 16.2. The van der Waals surface area contributed by atoms with Crippen LogP contribution in [0.15, 0.2) is 42.9 Å². The molecule has 0 saturated carbocycles. The Morgan fingerprint density at radius 1 is 1.23 bits per heavy atom. The number of carbonyl (C=O) groups is 1. The summed E-state index contributed by atoms with van der Waals surface area (Å²) in [5.41, 5.74) is 2.94. The van der Waals surface area contributed by atoms with Crippen LogP contribution in [0.2, 0.25) is 0 Å². The molecule has 0 unspecified atom stereocenters. The maximum absolute atomic E-state index is 12.6. The summed E-state index contributed by atoms with van der Waals surface area (Å²) in [4.78, 5) is 18.6. The Kier molecular flexibility index (Phi) is 4.62. The Balaban J connectivity index is 1.46. The van der Waals surface area contributed by atoms with Crippen molar-refractivity contribution in [2.24, 2.45) is 5.92 Å². The zero-order valence-electron chi connectivity index (χ0n) is 14.8. The number of imidazole rings is 1. The number of pyridine rings is 1. The van der Waals surface area contributed by atoms with E-state index < -0.39 is 0 Å². The van der Waals surface area contributed by atoms with Crippen LogP contribution in [0.4, 0.5) is 0 Å². The van der Waals surface area contributed by atoms with Crippen molar-refractivity contribution in [3.05, 3.63) is 48.5 Å². The third-order valence-corrected chi connectivity index (χ3v) is 4.91. The third-order valence-electron chi connectivity index (χ3n) is 4.91. The summed E-state index contributed by atoms with van der Waals surface area (Å²) < 4.78 is 1.93. The van der Waals surface area contributed by atoms with Crippen molar-refractivity contribution >= 4 is 11.6 Å². The van der Waals surface area contributed by atoms with Crippen molar-refractivity contribution < 1.29 is 4.79 Å². The summed E-state index contributed by atoms with van der Waals surface area (Å²) in [6, 6.07) is 7.48. The van der Waals surface area contributed by atoms with E-state index in [2.05, 4.69) is 20.5 Å². The first-order chi connectivity index (χ1) is 12.7. The molecule has 0 radical (unpaired) electrons. The zero-order valence-corrected chi connectivity index (χ0v) is 14.8. The van der Waals surface area contributed by atoms with E-state index in [4.69, 9.17) is 0 Å². The van der Waals surface area contributed by atoms with E-state index in [1.54, 1.807) is 17.2 Å². The second-order valence-electron chi connectivity index (χ2n) is 6.79. The van der Waals surface area contributed by atoms with Crippen molar-refractivity contribution in [1.29, 1.82) is 0 Å². The van der Waals surface area contributed by atoms with Crippen molar-refractivity contribution in [3.8, 4) is 11.3 Å². The quantitative estimate of drug-likeness (QED) is 0.777. The molecular weight excluding hydrogens is 328 g/mol. The molecule has 4 rings (SSSR count). The second-order valence-corrected chi connectivity index (χ2v) is 6.79. The normalized spacial score (nSPS) is 15.3. The molecule has 0 aliphatic carbocycles. The first-order valence-electron chi connectivity index (χ1n) is 8.94. The molecule has 3 aromatic heterocycles. The average Bonchev–Trinajstić information content (AvgIpc) is 3.16. The van der Waals surface area contributed by atoms with Gasteiger partial charge in [0.15, 0.2) is 5.69 Å². The molecule has 134 valence electrons. The molecule has 7 nitrogen and oxygen atoms in total. The standard InChI is InChI=1S/C19H22N6O/c1-24(12-14-6-8-20-9-7-14)19(26)17-4-3-16(22-23-17)15-2-5-18-21-10-11-25(18)13-15/h2-5,10-11,13-14,20H,6-9,12H2,1H3. The molecular formula is C19H22N6O. The highest BCUT2D eigenvalue weighted by Gasteiger charge is 2.20. The van der Waals surface area contributed by atoms with E-state index in [0.29, 0.717) is 11.6 Å². The fourth-order valence-corrected chi connectivity index (χ4v) is 3.40. The molecule has 1 aliphatic heterocycles.